The third-order valence-corrected chi connectivity index (χ3v) is 6.42. The molecule has 0 unspecified atom stereocenters. The third-order valence-electron chi connectivity index (χ3n) is 4.63. The molecule has 0 spiro atoms. The number of allylic oxidation sites excluding steroid dienone is 4. The van der Waals surface area contributed by atoms with E-state index in [-0.39, 0.29) is 6.04 Å². The lowest BCUT2D eigenvalue weighted by Gasteiger charge is -2.41. The minimum Gasteiger partial charge on any atom is -0.301 e. The van der Waals surface area contributed by atoms with Crippen LogP contribution >= 0.6 is 0 Å². The topological polar surface area (TPSA) is 61.2 Å². The molecular formula is C17H26N2O2S. The van der Waals surface area contributed by atoms with Gasteiger partial charge in [0.15, 0.2) is 9.84 Å². The molecule has 0 aromatic carbocycles. The number of nitrogens with zero attached hydrogens (tertiary/aromatic N) is 1. The molecule has 2 rings (SSSR count). The van der Waals surface area contributed by atoms with E-state index in [1.807, 2.05) is 19.9 Å². The van der Waals surface area contributed by atoms with Crippen LogP contribution in [0.1, 0.15) is 26.7 Å². The van der Waals surface area contributed by atoms with Crippen LogP contribution < -0.4 is 0 Å². The summed E-state index contributed by atoms with van der Waals surface area (Å²) in [6.45, 7) is 13.6. The Balaban J connectivity index is 1.98. The fraction of sp³-hybridized carbons (Fsp3) is 0.588. The molecule has 2 saturated heterocycles. The van der Waals surface area contributed by atoms with E-state index in [0.29, 0.717) is 23.1 Å². The van der Waals surface area contributed by atoms with Crippen molar-refractivity contribution in [3.8, 4) is 0 Å². The van der Waals surface area contributed by atoms with Gasteiger partial charge in [0.05, 0.1) is 17.2 Å². The summed E-state index contributed by atoms with van der Waals surface area (Å²) in [5.74, 6) is 1.05. The molecule has 2 aliphatic rings. The van der Waals surface area contributed by atoms with Crippen LogP contribution in [0, 0.1) is 11.3 Å². The Morgan fingerprint density at radius 3 is 2.09 bits per heavy atom. The molecule has 0 bridgehead atoms. The number of likely N-dealkylation sites (tertiary alicyclic amines) is 1. The zero-order valence-corrected chi connectivity index (χ0v) is 14.4. The summed E-state index contributed by atoms with van der Waals surface area (Å²) in [4.78, 5) is 2.30. The minimum absolute atomic E-state index is 0.219. The molecule has 5 heteroatoms. The van der Waals surface area contributed by atoms with E-state index in [9.17, 15) is 8.42 Å². The Bertz CT molecular complexity index is 611. The van der Waals surface area contributed by atoms with Crippen LogP contribution in [-0.4, -0.2) is 49.7 Å². The van der Waals surface area contributed by atoms with Crippen molar-refractivity contribution in [3.05, 3.63) is 36.0 Å². The Labute approximate surface area is 134 Å². The number of hydrogen-bond acceptors (Lipinski definition) is 4. The van der Waals surface area contributed by atoms with Gasteiger partial charge in [0.2, 0.25) is 0 Å². The monoisotopic (exact) mass is 322 g/mol. The highest BCUT2D eigenvalue weighted by atomic mass is 32.2. The normalized spacial score (nSPS) is 23.8. The first-order chi connectivity index (χ1) is 10.2. The number of nitrogens with one attached hydrogen (secondary N) is 1. The molecule has 0 radical (unpaired) electrons. The van der Waals surface area contributed by atoms with Gasteiger partial charge in [-0.05, 0) is 62.9 Å². The van der Waals surface area contributed by atoms with Crippen LogP contribution in [0.2, 0.25) is 0 Å². The zero-order chi connectivity index (χ0) is 16.5. The zero-order valence-electron chi connectivity index (χ0n) is 13.6. The Morgan fingerprint density at radius 1 is 1.14 bits per heavy atom. The van der Waals surface area contributed by atoms with Gasteiger partial charge in [-0.2, -0.15) is 0 Å². The van der Waals surface area contributed by atoms with Crippen molar-refractivity contribution in [2.75, 3.05) is 24.6 Å². The standard InChI is InChI=1S/C17H26N2O2S/c1-12(2)16(9-17(18)13(3)4)14-5-7-19(8-6-14)15-10-22(20,21)11-15/h9,14-15,18H,1,3,5-8,10-11H2,2,4H3/b16-9+,18-17?. The maximum atomic E-state index is 11.3. The molecule has 1 N–H and O–H groups in total. The van der Waals surface area contributed by atoms with Crippen LogP contribution in [0.5, 0.6) is 0 Å². The average Bonchev–Trinajstić information content (AvgIpc) is 2.41. The minimum atomic E-state index is -2.75. The smallest absolute Gasteiger partial charge is 0.153 e. The van der Waals surface area contributed by atoms with Gasteiger partial charge in [0.1, 0.15) is 0 Å². The van der Waals surface area contributed by atoms with E-state index in [4.69, 9.17) is 5.41 Å². The molecule has 2 fully saturated rings. The van der Waals surface area contributed by atoms with Crippen LogP contribution in [0.3, 0.4) is 0 Å². The summed E-state index contributed by atoms with van der Waals surface area (Å²) < 4.78 is 22.6. The highest BCUT2D eigenvalue weighted by Gasteiger charge is 2.39. The van der Waals surface area contributed by atoms with Gasteiger partial charge in [-0.25, -0.2) is 8.42 Å². The summed E-state index contributed by atoms with van der Waals surface area (Å²) in [6, 6.07) is 0.219. The largest absolute Gasteiger partial charge is 0.301 e. The molecule has 0 amide bonds. The number of piperidine rings is 1. The van der Waals surface area contributed by atoms with Crippen molar-refractivity contribution >= 4 is 15.5 Å². The third kappa shape index (κ3) is 3.96. The lowest BCUT2D eigenvalue weighted by Crippen LogP contribution is -2.55. The molecule has 4 nitrogen and oxygen atoms in total. The number of hydrogen-bond donors (Lipinski definition) is 1. The summed E-state index contributed by atoms with van der Waals surface area (Å²) in [5.41, 5.74) is 3.38. The van der Waals surface area contributed by atoms with E-state index < -0.39 is 9.84 Å². The molecule has 0 atom stereocenters. The van der Waals surface area contributed by atoms with E-state index in [0.717, 1.165) is 42.7 Å². The quantitative estimate of drug-likeness (QED) is 0.625. The van der Waals surface area contributed by atoms with Gasteiger partial charge in [0, 0.05) is 6.04 Å². The van der Waals surface area contributed by atoms with Gasteiger partial charge in [0.25, 0.3) is 0 Å². The fourth-order valence-corrected chi connectivity index (χ4v) is 4.69. The van der Waals surface area contributed by atoms with Crippen molar-refractivity contribution in [1.82, 2.24) is 4.90 Å². The second-order valence-corrected chi connectivity index (χ2v) is 8.77. The summed E-state index contributed by atoms with van der Waals surface area (Å²) in [6.07, 6.45) is 3.90. The first-order valence-electron chi connectivity index (χ1n) is 7.76. The summed E-state index contributed by atoms with van der Waals surface area (Å²) in [7, 11) is -2.75. The maximum absolute atomic E-state index is 11.3. The van der Waals surface area contributed by atoms with Gasteiger partial charge < -0.3 is 5.41 Å². The lowest BCUT2D eigenvalue weighted by molar-refractivity contribution is 0.156. The average molecular weight is 322 g/mol. The maximum Gasteiger partial charge on any atom is 0.153 e. The summed E-state index contributed by atoms with van der Waals surface area (Å²) >= 11 is 0. The Kier molecular flexibility index (Phi) is 5.07. The predicted octanol–water partition coefficient (Wildman–Crippen LogP) is 2.59. The first-order valence-corrected chi connectivity index (χ1v) is 9.58. The second-order valence-electron chi connectivity index (χ2n) is 6.61. The van der Waals surface area contributed by atoms with Crippen molar-refractivity contribution in [3.63, 3.8) is 0 Å². The lowest BCUT2D eigenvalue weighted by atomic mass is 9.84. The molecule has 122 valence electrons. The van der Waals surface area contributed by atoms with Gasteiger partial charge in [-0.3, -0.25) is 4.90 Å². The molecule has 2 heterocycles. The predicted molar refractivity (Wildman–Crippen MR) is 92.2 cm³/mol. The summed E-state index contributed by atoms with van der Waals surface area (Å²) in [5, 5.41) is 7.98. The first kappa shape index (κ1) is 17.2. The van der Waals surface area contributed by atoms with Crippen molar-refractivity contribution in [2.24, 2.45) is 5.92 Å². The van der Waals surface area contributed by atoms with Crippen LogP contribution in [0.25, 0.3) is 0 Å². The second kappa shape index (κ2) is 6.50. The number of rotatable bonds is 5. The van der Waals surface area contributed by atoms with E-state index >= 15 is 0 Å². The van der Waals surface area contributed by atoms with Gasteiger partial charge >= 0.3 is 0 Å². The SMILES string of the molecule is C=C(C)C(=N)/C=C(\C(=C)C)C1CCN(C2CS(=O)(=O)C2)CC1. The van der Waals surface area contributed by atoms with Crippen LogP contribution in [0.4, 0.5) is 0 Å². The highest BCUT2D eigenvalue weighted by Crippen LogP contribution is 2.31. The van der Waals surface area contributed by atoms with Crippen LogP contribution in [0.15, 0.2) is 36.0 Å². The van der Waals surface area contributed by atoms with Gasteiger partial charge in [-0.1, -0.05) is 18.7 Å². The van der Waals surface area contributed by atoms with E-state index in [2.05, 4.69) is 18.1 Å². The number of sulfone groups is 1. The van der Waals surface area contributed by atoms with Crippen molar-refractivity contribution in [1.29, 1.82) is 5.41 Å². The molecule has 0 aliphatic carbocycles. The molecule has 22 heavy (non-hydrogen) atoms. The van der Waals surface area contributed by atoms with Crippen molar-refractivity contribution in [2.45, 2.75) is 32.7 Å². The van der Waals surface area contributed by atoms with Gasteiger partial charge in [-0.15, -0.1) is 0 Å². The molecule has 2 aliphatic heterocycles. The molecule has 0 saturated carbocycles. The van der Waals surface area contributed by atoms with E-state index in [1.165, 1.54) is 0 Å². The Hall–Kier alpha value is -1.20. The molecule has 0 aromatic rings. The highest BCUT2D eigenvalue weighted by molar-refractivity contribution is 7.92. The van der Waals surface area contributed by atoms with Crippen LogP contribution in [-0.2, 0) is 9.84 Å². The molecule has 0 aromatic heterocycles. The molecular weight excluding hydrogens is 296 g/mol. The fourth-order valence-electron chi connectivity index (χ4n) is 3.19. The van der Waals surface area contributed by atoms with E-state index in [1.54, 1.807) is 0 Å². The van der Waals surface area contributed by atoms with Crippen molar-refractivity contribution < 1.29 is 8.42 Å². The Morgan fingerprint density at radius 2 is 1.68 bits per heavy atom.